The van der Waals surface area contributed by atoms with Crippen LogP contribution in [0.5, 0.6) is 5.75 Å². The second-order valence-electron chi connectivity index (χ2n) is 5.08. The first-order valence-corrected chi connectivity index (χ1v) is 7.07. The number of rotatable bonds is 3. The van der Waals surface area contributed by atoms with Gasteiger partial charge in [0.25, 0.3) is 0 Å². The van der Waals surface area contributed by atoms with E-state index in [-0.39, 0.29) is 11.8 Å². The van der Waals surface area contributed by atoms with Gasteiger partial charge in [0.05, 0.1) is 13.0 Å². The summed E-state index contributed by atoms with van der Waals surface area (Å²) in [7, 11) is 1.61. The summed E-state index contributed by atoms with van der Waals surface area (Å²) in [6, 6.07) is 5.45. The predicted molar refractivity (Wildman–Crippen MR) is 75.0 cm³/mol. The van der Waals surface area contributed by atoms with Gasteiger partial charge in [0.15, 0.2) is 0 Å². The van der Waals surface area contributed by atoms with Crippen LogP contribution >= 0.6 is 11.6 Å². The van der Waals surface area contributed by atoms with Crippen molar-refractivity contribution in [2.24, 2.45) is 5.92 Å². The van der Waals surface area contributed by atoms with Crippen LogP contribution in [0.2, 0.25) is 5.02 Å². The lowest BCUT2D eigenvalue weighted by Gasteiger charge is -2.24. The fourth-order valence-corrected chi connectivity index (χ4v) is 3.15. The van der Waals surface area contributed by atoms with E-state index in [2.05, 4.69) is 0 Å². The van der Waals surface area contributed by atoms with E-state index < -0.39 is 5.97 Å². The van der Waals surface area contributed by atoms with Gasteiger partial charge in [-0.25, -0.2) is 0 Å². The van der Waals surface area contributed by atoms with Crippen molar-refractivity contribution >= 4 is 17.6 Å². The van der Waals surface area contributed by atoms with E-state index >= 15 is 0 Å². The lowest BCUT2D eigenvalue weighted by atomic mass is 9.82. The Morgan fingerprint density at radius 3 is 2.74 bits per heavy atom. The van der Waals surface area contributed by atoms with Crippen molar-refractivity contribution in [3.8, 4) is 5.75 Å². The summed E-state index contributed by atoms with van der Waals surface area (Å²) < 4.78 is 5.37. The van der Waals surface area contributed by atoms with E-state index in [0.29, 0.717) is 5.02 Å². The van der Waals surface area contributed by atoms with Gasteiger partial charge < -0.3 is 9.84 Å². The van der Waals surface area contributed by atoms with Crippen LogP contribution in [0.3, 0.4) is 0 Å². The molecule has 1 N–H and O–H groups in total. The summed E-state index contributed by atoms with van der Waals surface area (Å²) in [5.74, 6) is -0.319. The van der Waals surface area contributed by atoms with Crippen molar-refractivity contribution in [3.63, 3.8) is 0 Å². The third-order valence-corrected chi connectivity index (χ3v) is 4.16. The van der Waals surface area contributed by atoms with Crippen molar-refractivity contribution in [1.29, 1.82) is 0 Å². The molecule has 0 aromatic heterocycles. The van der Waals surface area contributed by atoms with E-state index in [4.69, 9.17) is 16.3 Å². The van der Waals surface area contributed by atoms with Crippen molar-refractivity contribution in [1.82, 2.24) is 0 Å². The molecule has 2 unspecified atom stereocenters. The van der Waals surface area contributed by atoms with E-state index in [1.54, 1.807) is 13.2 Å². The van der Waals surface area contributed by atoms with Gasteiger partial charge in [0.2, 0.25) is 0 Å². The molecule has 0 bridgehead atoms. The maximum Gasteiger partial charge on any atom is 0.307 e. The third kappa shape index (κ3) is 3.21. The maximum atomic E-state index is 11.5. The van der Waals surface area contributed by atoms with Gasteiger partial charge in [-0.3, -0.25) is 4.79 Å². The molecule has 1 aromatic rings. The number of halogens is 1. The first-order chi connectivity index (χ1) is 9.13. The van der Waals surface area contributed by atoms with Crippen molar-refractivity contribution in [3.05, 3.63) is 28.8 Å². The molecular formula is C15H19ClO3. The van der Waals surface area contributed by atoms with Crippen molar-refractivity contribution in [2.75, 3.05) is 7.11 Å². The summed E-state index contributed by atoms with van der Waals surface area (Å²) in [4.78, 5) is 11.5. The predicted octanol–water partition coefficient (Wildman–Crippen LogP) is 4.10. The molecule has 0 saturated heterocycles. The van der Waals surface area contributed by atoms with Crippen LogP contribution in [0.25, 0.3) is 0 Å². The number of carbonyl (C=O) groups is 1. The van der Waals surface area contributed by atoms with Crippen LogP contribution in [0.4, 0.5) is 0 Å². The van der Waals surface area contributed by atoms with E-state index in [0.717, 1.165) is 43.4 Å². The molecule has 4 heteroatoms. The van der Waals surface area contributed by atoms with E-state index in [1.807, 2.05) is 12.1 Å². The molecule has 1 saturated carbocycles. The van der Waals surface area contributed by atoms with E-state index in [1.165, 1.54) is 0 Å². The molecule has 0 amide bonds. The fraction of sp³-hybridized carbons (Fsp3) is 0.533. The number of methoxy groups -OCH3 is 1. The Kier molecular flexibility index (Phi) is 4.70. The highest BCUT2D eigenvalue weighted by Gasteiger charge is 2.32. The number of carboxylic acid groups (broad SMARTS) is 1. The summed E-state index contributed by atoms with van der Waals surface area (Å²) in [6.45, 7) is 0. The highest BCUT2D eigenvalue weighted by atomic mass is 35.5. The molecule has 0 aliphatic heterocycles. The molecule has 1 fully saturated rings. The van der Waals surface area contributed by atoms with Crippen LogP contribution < -0.4 is 4.74 Å². The minimum absolute atomic E-state index is 0.00588. The molecule has 0 spiro atoms. The van der Waals surface area contributed by atoms with E-state index in [9.17, 15) is 9.90 Å². The monoisotopic (exact) mass is 282 g/mol. The zero-order valence-electron chi connectivity index (χ0n) is 11.1. The highest BCUT2D eigenvalue weighted by Crippen LogP contribution is 2.41. The minimum atomic E-state index is -0.714. The Hall–Kier alpha value is -1.22. The molecule has 0 radical (unpaired) electrons. The molecule has 1 aromatic carbocycles. The van der Waals surface area contributed by atoms with Crippen LogP contribution in [0, 0.1) is 5.92 Å². The van der Waals surface area contributed by atoms with Gasteiger partial charge in [-0.15, -0.1) is 0 Å². The number of ether oxygens (including phenoxy) is 1. The number of hydrogen-bond donors (Lipinski definition) is 1. The van der Waals surface area contributed by atoms with Crippen LogP contribution in [0.15, 0.2) is 18.2 Å². The Labute approximate surface area is 118 Å². The van der Waals surface area contributed by atoms with Crippen LogP contribution in [-0.4, -0.2) is 18.2 Å². The second kappa shape index (κ2) is 6.29. The quantitative estimate of drug-likeness (QED) is 0.849. The maximum absolute atomic E-state index is 11.5. The first kappa shape index (κ1) is 14.2. The molecule has 1 aliphatic carbocycles. The minimum Gasteiger partial charge on any atom is -0.496 e. The zero-order valence-corrected chi connectivity index (χ0v) is 11.8. The average Bonchev–Trinajstić information content (AvgIpc) is 2.64. The van der Waals surface area contributed by atoms with Crippen LogP contribution in [0.1, 0.15) is 43.6 Å². The fourth-order valence-electron chi connectivity index (χ4n) is 2.97. The Morgan fingerprint density at radius 2 is 2.05 bits per heavy atom. The van der Waals surface area contributed by atoms with Gasteiger partial charge in [-0.2, -0.15) is 0 Å². The molecule has 19 heavy (non-hydrogen) atoms. The van der Waals surface area contributed by atoms with Crippen LogP contribution in [-0.2, 0) is 4.79 Å². The average molecular weight is 283 g/mol. The SMILES string of the molecule is COc1ccc(Cl)cc1C1CCCCCC1C(=O)O. The van der Waals surface area contributed by atoms with Gasteiger partial charge in [-0.05, 0) is 36.6 Å². The molecule has 104 valence electrons. The normalized spacial score (nSPS) is 23.7. The highest BCUT2D eigenvalue weighted by molar-refractivity contribution is 6.30. The lowest BCUT2D eigenvalue weighted by molar-refractivity contribution is -0.142. The first-order valence-electron chi connectivity index (χ1n) is 6.69. The summed E-state index contributed by atoms with van der Waals surface area (Å²) in [5, 5.41) is 10.1. The largest absolute Gasteiger partial charge is 0.496 e. The summed E-state index contributed by atoms with van der Waals surface area (Å²) in [5.41, 5.74) is 0.935. The molecule has 0 heterocycles. The smallest absolute Gasteiger partial charge is 0.307 e. The molecule has 2 atom stereocenters. The molecular weight excluding hydrogens is 264 g/mol. The van der Waals surface area contributed by atoms with Crippen molar-refractivity contribution < 1.29 is 14.6 Å². The lowest BCUT2D eigenvalue weighted by Crippen LogP contribution is -2.21. The number of hydrogen-bond acceptors (Lipinski definition) is 2. The summed E-state index contributed by atoms with van der Waals surface area (Å²) in [6.07, 6.45) is 4.76. The zero-order chi connectivity index (χ0) is 13.8. The molecule has 2 rings (SSSR count). The third-order valence-electron chi connectivity index (χ3n) is 3.92. The second-order valence-corrected chi connectivity index (χ2v) is 5.51. The number of carboxylic acids is 1. The van der Waals surface area contributed by atoms with Crippen molar-refractivity contribution in [2.45, 2.75) is 38.0 Å². The Bertz CT molecular complexity index is 459. The van der Waals surface area contributed by atoms with Gasteiger partial charge >= 0.3 is 5.97 Å². The Balaban J connectivity index is 2.40. The molecule has 1 aliphatic rings. The molecule has 3 nitrogen and oxygen atoms in total. The number of aliphatic carboxylic acids is 1. The topological polar surface area (TPSA) is 46.5 Å². The van der Waals surface area contributed by atoms with Gasteiger partial charge in [0.1, 0.15) is 5.75 Å². The van der Waals surface area contributed by atoms with Gasteiger partial charge in [0, 0.05) is 10.9 Å². The standard InChI is InChI=1S/C15H19ClO3/c1-19-14-8-7-10(16)9-13(14)11-5-3-2-4-6-12(11)15(17)18/h7-9,11-12H,2-6H2,1H3,(H,17,18). The Morgan fingerprint density at radius 1 is 1.32 bits per heavy atom. The summed E-state index contributed by atoms with van der Waals surface area (Å²) >= 11 is 6.06. The number of benzene rings is 1. The van der Waals surface area contributed by atoms with Gasteiger partial charge in [-0.1, -0.05) is 30.9 Å².